The Morgan fingerprint density at radius 3 is 2.73 bits per heavy atom. The van der Waals surface area contributed by atoms with E-state index < -0.39 is 6.04 Å². The Labute approximate surface area is 194 Å². The number of aromatic nitrogens is 1. The first-order chi connectivity index (χ1) is 16.2. The summed E-state index contributed by atoms with van der Waals surface area (Å²) in [6.45, 7) is 2.68. The molecule has 1 saturated heterocycles. The van der Waals surface area contributed by atoms with Crippen molar-refractivity contribution in [1.29, 1.82) is 0 Å². The molecule has 1 atom stereocenters. The fourth-order valence-electron chi connectivity index (χ4n) is 4.87. The molecule has 0 spiro atoms. The van der Waals surface area contributed by atoms with Gasteiger partial charge in [0.25, 0.3) is 0 Å². The number of anilines is 1. The van der Waals surface area contributed by atoms with Gasteiger partial charge >= 0.3 is 0 Å². The molecule has 2 amide bonds. The number of rotatable bonds is 6. The number of fused-ring (bicyclic) bond motifs is 1. The molecule has 1 unspecified atom stereocenters. The Balaban J connectivity index is 1.28. The minimum Gasteiger partial charge on any atom is -0.370 e. The fourth-order valence-corrected chi connectivity index (χ4v) is 4.87. The largest absolute Gasteiger partial charge is 0.370 e. The monoisotopic (exact) mass is 440 g/mol. The number of piperazine rings is 1. The molecule has 2 aromatic carbocycles. The minimum absolute atomic E-state index is 0.0459. The summed E-state index contributed by atoms with van der Waals surface area (Å²) < 4.78 is 0. The van der Waals surface area contributed by atoms with Gasteiger partial charge in [0.2, 0.25) is 11.8 Å². The summed E-state index contributed by atoms with van der Waals surface area (Å²) in [5, 5.41) is 2.94. The van der Waals surface area contributed by atoms with Crippen LogP contribution in [-0.4, -0.2) is 53.9 Å². The summed E-state index contributed by atoms with van der Waals surface area (Å²) in [6.07, 6.45) is 5.48. The highest BCUT2D eigenvalue weighted by Crippen LogP contribution is 2.27. The zero-order valence-electron chi connectivity index (χ0n) is 18.6. The van der Waals surface area contributed by atoms with Crippen LogP contribution >= 0.6 is 0 Å². The van der Waals surface area contributed by atoms with Crippen LogP contribution in [0.2, 0.25) is 0 Å². The second kappa shape index (κ2) is 9.45. The van der Waals surface area contributed by atoms with E-state index in [0.29, 0.717) is 32.5 Å². The average Bonchev–Trinajstić information content (AvgIpc) is 3.28. The molecule has 0 radical (unpaired) electrons. The molecule has 0 bridgehead atoms. The lowest BCUT2D eigenvalue weighted by atomic mass is 9.98. The number of para-hydroxylation sites is 1. The van der Waals surface area contributed by atoms with Crippen LogP contribution in [0.4, 0.5) is 5.69 Å². The van der Waals surface area contributed by atoms with Crippen molar-refractivity contribution in [3.05, 3.63) is 84.2 Å². The van der Waals surface area contributed by atoms with Crippen molar-refractivity contribution < 1.29 is 9.59 Å². The quantitative estimate of drug-likeness (QED) is 0.640. The number of hydrogen-bond donors (Lipinski definition) is 1. The van der Waals surface area contributed by atoms with Crippen LogP contribution in [0.15, 0.2) is 73.1 Å². The minimum atomic E-state index is -0.482. The highest BCUT2D eigenvalue weighted by atomic mass is 16.2. The molecule has 2 aliphatic heterocycles. The molecule has 6 heteroatoms. The lowest BCUT2D eigenvalue weighted by Gasteiger charge is -2.35. The third-order valence-electron chi connectivity index (χ3n) is 6.60. The van der Waals surface area contributed by atoms with E-state index in [0.717, 1.165) is 29.7 Å². The Morgan fingerprint density at radius 1 is 1.00 bits per heavy atom. The van der Waals surface area contributed by atoms with Gasteiger partial charge in [0.15, 0.2) is 0 Å². The van der Waals surface area contributed by atoms with Crippen molar-refractivity contribution in [2.45, 2.75) is 25.3 Å². The van der Waals surface area contributed by atoms with Gasteiger partial charge < -0.3 is 15.1 Å². The molecule has 5 rings (SSSR count). The lowest BCUT2D eigenvalue weighted by Crippen LogP contribution is -2.58. The number of carbonyl (C=O) groups excluding carboxylic acids is 2. The van der Waals surface area contributed by atoms with Crippen LogP contribution in [0.3, 0.4) is 0 Å². The molecule has 33 heavy (non-hydrogen) atoms. The number of benzene rings is 2. The van der Waals surface area contributed by atoms with Gasteiger partial charge in [-0.2, -0.15) is 0 Å². The number of carbonyl (C=O) groups is 2. The van der Waals surface area contributed by atoms with Crippen molar-refractivity contribution in [2.75, 3.05) is 31.1 Å². The molecule has 168 valence electrons. The van der Waals surface area contributed by atoms with Gasteiger partial charge in [-0.05, 0) is 46.9 Å². The van der Waals surface area contributed by atoms with Crippen molar-refractivity contribution in [3.8, 4) is 11.1 Å². The molecule has 6 nitrogen and oxygen atoms in total. The topological polar surface area (TPSA) is 65.5 Å². The van der Waals surface area contributed by atoms with Crippen LogP contribution in [0.25, 0.3) is 11.1 Å². The average molecular weight is 441 g/mol. The lowest BCUT2D eigenvalue weighted by molar-refractivity contribution is -0.143. The second-order valence-electron chi connectivity index (χ2n) is 8.65. The van der Waals surface area contributed by atoms with Crippen LogP contribution < -0.4 is 10.2 Å². The van der Waals surface area contributed by atoms with Gasteiger partial charge in [0, 0.05) is 57.1 Å². The van der Waals surface area contributed by atoms with E-state index >= 15 is 0 Å². The molecule has 2 aliphatic rings. The van der Waals surface area contributed by atoms with E-state index in [2.05, 4.69) is 45.5 Å². The van der Waals surface area contributed by atoms with Crippen LogP contribution in [0.1, 0.15) is 17.5 Å². The predicted molar refractivity (Wildman–Crippen MR) is 129 cm³/mol. The zero-order valence-corrected chi connectivity index (χ0v) is 18.6. The number of pyridine rings is 1. The Hall–Kier alpha value is -3.67. The zero-order chi connectivity index (χ0) is 22.6. The molecule has 1 N–H and O–H groups in total. The highest BCUT2D eigenvalue weighted by molar-refractivity contribution is 5.89. The van der Waals surface area contributed by atoms with Crippen molar-refractivity contribution in [3.63, 3.8) is 0 Å². The van der Waals surface area contributed by atoms with E-state index in [1.54, 1.807) is 17.3 Å². The van der Waals surface area contributed by atoms with Crippen LogP contribution in [-0.2, 0) is 22.4 Å². The Bertz CT molecular complexity index is 1150. The summed E-state index contributed by atoms with van der Waals surface area (Å²) in [7, 11) is 0. The first-order valence-electron chi connectivity index (χ1n) is 11.6. The first kappa shape index (κ1) is 21.2. The molecule has 3 heterocycles. The van der Waals surface area contributed by atoms with Gasteiger partial charge in [0.05, 0.1) is 0 Å². The molecule has 0 saturated carbocycles. The summed E-state index contributed by atoms with van der Waals surface area (Å²) in [6, 6.07) is 20.0. The Morgan fingerprint density at radius 2 is 1.85 bits per heavy atom. The number of amides is 2. The molecule has 3 aromatic rings. The third-order valence-corrected chi connectivity index (χ3v) is 6.60. The highest BCUT2D eigenvalue weighted by Gasteiger charge is 2.33. The number of nitrogens with one attached hydrogen (secondary N) is 1. The van der Waals surface area contributed by atoms with E-state index in [1.165, 1.54) is 11.3 Å². The summed E-state index contributed by atoms with van der Waals surface area (Å²) in [5.41, 5.74) is 5.77. The smallest absolute Gasteiger partial charge is 0.243 e. The van der Waals surface area contributed by atoms with Gasteiger partial charge in [0.1, 0.15) is 6.04 Å². The van der Waals surface area contributed by atoms with Crippen LogP contribution in [0.5, 0.6) is 0 Å². The molecular formula is C27H28N4O2. The summed E-state index contributed by atoms with van der Waals surface area (Å²) in [4.78, 5) is 34.1. The third kappa shape index (κ3) is 4.60. The molecule has 0 aliphatic carbocycles. The van der Waals surface area contributed by atoms with E-state index in [9.17, 15) is 9.59 Å². The standard InChI is InChI=1S/C27H28N4O2/c32-26(11-16-30-15-10-22-5-1-2-7-24(22)30)31-17-14-29-27(33)25(31)19-20-4-3-6-23(18-20)21-8-12-28-13-9-21/h1-9,12-13,18,25H,10-11,14-17,19H2,(H,29,33). The summed E-state index contributed by atoms with van der Waals surface area (Å²) >= 11 is 0. The van der Waals surface area contributed by atoms with Gasteiger partial charge in [-0.1, -0.05) is 42.5 Å². The predicted octanol–water partition coefficient (Wildman–Crippen LogP) is 3.07. The SMILES string of the molecule is O=C1NCCN(C(=O)CCN2CCc3ccccc32)C1Cc1cccc(-c2ccncc2)c1. The maximum atomic E-state index is 13.2. The van der Waals surface area contributed by atoms with Crippen molar-refractivity contribution in [2.24, 2.45) is 0 Å². The van der Waals surface area contributed by atoms with E-state index in [1.807, 2.05) is 30.3 Å². The summed E-state index contributed by atoms with van der Waals surface area (Å²) in [5.74, 6) is -0.0278. The van der Waals surface area contributed by atoms with Crippen LogP contribution in [0, 0.1) is 0 Å². The van der Waals surface area contributed by atoms with Crippen molar-refractivity contribution in [1.82, 2.24) is 15.2 Å². The maximum absolute atomic E-state index is 13.2. The molecule has 1 fully saturated rings. The molecule has 1 aromatic heterocycles. The number of hydrogen-bond acceptors (Lipinski definition) is 4. The normalized spacial score (nSPS) is 17.6. The van der Waals surface area contributed by atoms with Gasteiger partial charge in [-0.25, -0.2) is 0 Å². The second-order valence-corrected chi connectivity index (χ2v) is 8.65. The maximum Gasteiger partial charge on any atom is 0.243 e. The van der Waals surface area contributed by atoms with E-state index in [4.69, 9.17) is 0 Å². The van der Waals surface area contributed by atoms with Gasteiger partial charge in [-0.15, -0.1) is 0 Å². The fraction of sp³-hybridized carbons (Fsp3) is 0.296. The number of nitrogens with zero attached hydrogens (tertiary/aromatic N) is 3. The van der Waals surface area contributed by atoms with Gasteiger partial charge in [-0.3, -0.25) is 14.6 Å². The first-order valence-corrected chi connectivity index (χ1v) is 11.6. The Kier molecular flexibility index (Phi) is 6.07. The van der Waals surface area contributed by atoms with Crippen molar-refractivity contribution >= 4 is 17.5 Å². The van der Waals surface area contributed by atoms with E-state index in [-0.39, 0.29) is 11.8 Å². The molecular weight excluding hydrogens is 412 g/mol.